The fourth-order valence-electron chi connectivity index (χ4n) is 3.67. The van der Waals surface area contributed by atoms with Crippen LogP contribution in [-0.4, -0.2) is 35.2 Å². The molecule has 0 saturated carbocycles. The fourth-order valence-corrected chi connectivity index (χ4v) is 3.99. The number of nitrogens with zero attached hydrogens (tertiary/aromatic N) is 1. The Balaban J connectivity index is 2.08. The Morgan fingerprint density at radius 1 is 1.15 bits per heavy atom. The van der Waals surface area contributed by atoms with Gasteiger partial charge in [-0.1, -0.05) is 60.8 Å². The molecule has 3 rings (SSSR count). The second-order valence-corrected chi connectivity index (χ2v) is 7.58. The fraction of sp³-hybridized carbons (Fsp3) is 0.381. The number of hydrogen-bond donors (Lipinski definition) is 1. The van der Waals surface area contributed by atoms with Gasteiger partial charge in [0.05, 0.1) is 18.7 Å². The highest BCUT2D eigenvalue weighted by Crippen LogP contribution is 2.42. The van der Waals surface area contributed by atoms with Crippen molar-refractivity contribution in [2.75, 3.05) is 13.2 Å². The monoisotopic (exact) mass is 407 g/mol. The van der Waals surface area contributed by atoms with Crippen LogP contribution in [0.2, 0.25) is 10.0 Å². The van der Waals surface area contributed by atoms with E-state index in [1.807, 2.05) is 43.3 Å². The molecule has 0 aliphatic carbocycles. The molecule has 0 spiro atoms. The zero-order chi connectivity index (χ0) is 19.4. The molecule has 1 unspecified atom stereocenters. The third-order valence-corrected chi connectivity index (χ3v) is 5.36. The average Bonchev–Trinajstić information content (AvgIpc) is 2.67. The number of carbonyl (C=O) groups is 1. The number of morpholine rings is 1. The zero-order valence-electron chi connectivity index (χ0n) is 15.1. The number of carbonyl (C=O) groups excluding carboxylic acids is 1. The topological polar surface area (TPSA) is 49.8 Å². The first-order chi connectivity index (χ1) is 13.0. The van der Waals surface area contributed by atoms with Crippen LogP contribution in [0.5, 0.6) is 0 Å². The highest BCUT2D eigenvalue weighted by Gasteiger charge is 2.41. The van der Waals surface area contributed by atoms with E-state index >= 15 is 0 Å². The predicted molar refractivity (Wildman–Crippen MR) is 107 cm³/mol. The molecule has 3 atom stereocenters. The van der Waals surface area contributed by atoms with Gasteiger partial charge < -0.3 is 14.7 Å². The number of ether oxygens (including phenoxy) is 1. The molecule has 1 fully saturated rings. The molecule has 4 nitrogen and oxygen atoms in total. The van der Waals surface area contributed by atoms with Crippen LogP contribution >= 0.6 is 23.2 Å². The normalized spacial score (nSPS) is 21.3. The van der Waals surface area contributed by atoms with E-state index in [4.69, 9.17) is 27.9 Å². The van der Waals surface area contributed by atoms with Crippen LogP contribution in [-0.2, 0) is 9.53 Å². The molecular weight excluding hydrogens is 385 g/mol. The van der Waals surface area contributed by atoms with Gasteiger partial charge in [0.1, 0.15) is 12.7 Å². The third kappa shape index (κ3) is 4.46. The number of halogens is 2. The molecular formula is C21H23Cl2NO3. The van der Waals surface area contributed by atoms with Crippen LogP contribution in [0.1, 0.15) is 43.0 Å². The Bertz CT molecular complexity index is 781. The van der Waals surface area contributed by atoms with Gasteiger partial charge in [0.2, 0.25) is 5.91 Å². The quantitative estimate of drug-likeness (QED) is 0.748. The van der Waals surface area contributed by atoms with Gasteiger partial charge in [0.25, 0.3) is 0 Å². The minimum atomic E-state index is -0.381. The Kier molecular flexibility index (Phi) is 6.77. The van der Waals surface area contributed by atoms with E-state index in [0.29, 0.717) is 16.5 Å². The summed E-state index contributed by atoms with van der Waals surface area (Å²) in [5, 5.41) is 11.2. The number of amides is 1. The standard InChI is InChI=1S/C21H23Cl2NO3/c1-2-4-18(12-25)24-19(26)13-27-21(15-5-3-6-17(23)11-15)20(24)14-7-9-16(22)10-8-14/h3,5-11,18,20-21,25H,2,4,12-13H2,1H3/t18?,20-,21-/m1/s1. The van der Waals surface area contributed by atoms with Crippen molar-refractivity contribution in [1.82, 2.24) is 4.90 Å². The van der Waals surface area contributed by atoms with Crippen molar-refractivity contribution < 1.29 is 14.6 Å². The lowest BCUT2D eigenvalue weighted by Crippen LogP contribution is -2.52. The number of hydrogen-bond acceptors (Lipinski definition) is 3. The summed E-state index contributed by atoms with van der Waals surface area (Å²) in [5.74, 6) is -0.124. The van der Waals surface area contributed by atoms with Gasteiger partial charge in [0.15, 0.2) is 0 Å². The molecule has 1 saturated heterocycles. The van der Waals surface area contributed by atoms with E-state index in [1.165, 1.54) is 0 Å². The molecule has 1 aliphatic heterocycles. The van der Waals surface area contributed by atoms with Crippen LogP contribution in [0.3, 0.4) is 0 Å². The van der Waals surface area contributed by atoms with Gasteiger partial charge in [-0.15, -0.1) is 0 Å². The predicted octanol–water partition coefficient (Wildman–Crippen LogP) is 4.80. The maximum absolute atomic E-state index is 12.8. The van der Waals surface area contributed by atoms with Crippen LogP contribution in [0.4, 0.5) is 0 Å². The van der Waals surface area contributed by atoms with Gasteiger partial charge in [0, 0.05) is 10.0 Å². The molecule has 2 aromatic rings. The maximum atomic E-state index is 12.8. The minimum Gasteiger partial charge on any atom is -0.394 e. The summed E-state index contributed by atoms with van der Waals surface area (Å²) in [7, 11) is 0. The van der Waals surface area contributed by atoms with Crippen LogP contribution < -0.4 is 0 Å². The maximum Gasteiger partial charge on any atom is 0.249 e. The third-order valence-electron chi connectivity index (χ3n) is 4.88. The SMILES string of the molecule is CCCC(CO)N1C(=O)CO[C@H](c2cccc(Cl)c2)[C@H]1c1ccc(Cl)cc1. The summed E-state index contributed by atoms with van der Waals surface area (Å²) in [6.07, 6.45) is 1.20. The lowest BCUT2D eigenvalue weighted by molar-refractivity contribution is -0.165. The zero-order valence-corrected chi connectivity index (χ0v) is 16.7. The summed E-state index contributed by atoms with van der Waals surface area (Å²) in [5.41, 5.74) is 1.81. The molecule has 144 valence electrons. The van der Waals surface area contributed by atoms with Crippen LogP contribution in [0.15, 0.2) is 48.5 Å². The van der Waals surface area contributed by atoms with Crippen molar-refractivity contribution in [2.24, 2.45) is 0 Å². The van der Waals surface area contributed by atoms with E-state index in [2.05, 4.69) is 0 Å². The van der Waals surface area contributed by atoms with Gasteiger partial charge in [-0.05, 0) is 41.8 Å². The summed E-state index contributed by atoms with van der Waals surface area (Å²) >= 11 is 12.2. The van der Waals surface area contributed by atoms with E-state index in [9.17, 15) is 9.90 Å². The van der Waals surface area contributed by atoms with E-state index in [0.717, 1.165) is 17.5 Å². The van der Waals surface area contributed by atoms with Crippen LogP contribution in [0.25, 0.3) is 0 Å². The largest absolute Gasteiger partial charge is 0.394 e. The van der Waals surface area contributed by atoms with Crippen molar-refractivity contribution in [2.45, 2.75) is 38.0 Å². The van der Waals surface area contributed by atoms with Crippen molar-refractivity contribution in [3.8, 4) is 0 Å². The summed E-state index contributed by atoms with van der Waals surface area (Å²) in [6.45, 7) is 1.92. The molecule has 1 amide bonds. The van der Waals surface area contributed by atoms with Crippen LogP contribution in [0, 0.1) is 0 Å². The van der Waals surface area contributed by atoms with Crippen molar-refractivity contribution in [3.63, 3.8) is 0 Å². The number of aliphatic hydroxyl groups excluding tert-OH is 1. The Labute approximate surface area is 169 Å². The molecule has 0 aromatic heterocycles. The Hall–Kier alpha value is -1.59. The molecule has 0 bridgehead atoms. The van der Waals surface area contributed by atoms with E-state index in [1.54, 1.807) is 17.0 Å². The lowest BCUT2D eigenvalue weighted by atomic mass is 9.91. The summed E-state index contributed by atoms with van der Waals surface area (Å²) in [4.78, 5) is 14.6. The van der Waals surface area contributed by atoms with Gasteiger partial charge in [-0.25, -0.2) is 0 Å². The number of aliphatic hydroxyl groups is 1. The summed E-state index contributed by atoms with van der Waals surface area (Å²) in [6, 6.07) is 14.3. The second-order valence-electron chi connectivity index (χ2n) is 6.71. The molecule has 6 heteroatoms. The van der Waals surface area contributed by atoms with E-state index < -0.39 is 0 Å². The van der Waals surface area contributed by atoms with Gasteiger partial charge >= 0.3 is 0 Å². The average molecular weight is 408 g/mol. The van der Waals surface area contributed by atoms with Crippen molar-refractivity contribution in [3.05, 3.63) is 69.7 Å². The molecule has 1 heterocycles. The molecule has 1 N–H and O–H groups in total. The van der Waals surface area contributed by atoms with Crippen molar-refractivity contribution in [1.29, 1.82) is 0 Å². The minimum absolute atomic E-state index is 0.0263. The Morgan fingerprint density at radius 2 is 1.89 bits per heavy atom. The van der Waals surface area contributed by atoms with Gasteiger partial charge in [-0.3, -0.25) is 4.79 Å². The molecule has 1 aliphatic rings. The summed E-state index contributed by atoms with van der Waals surface area (Å²) < 4.78 is 5.97. The lowest BCUT2D eigenvalue weighted by Gasteiger charge is -2.45. The van der Waals surface area contributed by atoms with E-state index in [-0.39, 0.29) is 37.3 Å². The highest BCUT2D eigenvalue weighted by molar-refractivity contribution is 6.30. The van der Waals surface area contributed by atoms with Crippen molar-refractivity contribution >= 4 is 29.1 Å². The van der Waals surface area contributed by atoms with Gasteiger partial charge in [-0.2, -0.15) is 0 Å². The highest BCUT2D eigenvalue weighted by atomic mass is 35.5. The first-order valence-electron chi connectivity index (χ1n) is 9.09. The first-order valence-corrected chi connectivity index (χ1v) is 9.85. The molecule has 2 aromatic carbocycles. The second kappa shape index (κ2) is 9.07. The Morgan fingerprint density at radius 3 is 2.52 bits per heavy atom. The number of rotatable bonds is 6. The molecule has 0 radical (unpaired) electrons. The smallest absolute Gasteiger partial charge is 0.249 e. The number of benzene rings is 2. The molecule has 27 heavy (non-hydrogen) atoms. The first kappa shape index (κ1) is 20.2.